The summed E-state index contributed by atoms with van der Waals surface area (Å²) in [6.45, 7) is 4.24. The third kappa shape index (κ3) is 2.86. The Hall–Kier alpha value is -0.450. The van der Waals surface area contributed by atoms with Gasteiger partial charge < -0.3 is 0 Å². The van der Waals surface area contributed by atoms with E-state index in [2.05, 4.69) is 24.3 Å². The first kappa shape index (κ1) is 13.5. The van der Waals surface area contributed by atoms with Crippen LogP contribution in [-0.4, -0.2) is 11.0 Å². The standard InChI is InChI=1S/C15H25N3S/c1-9-10(2)19-15(17-9)8-14(18-16)7-13-6-11-3-4-12(13)5-11/h11-14,18H,3-8,16H2,1-2H3. The number of aryl methyl sites for hydroxylation is 2. The quantitative estimate of drug-likeness (QED) is 0.643. The van der Waals surface area contributed by atoms with E-state index in [-0.39, 0.29) is 0 Å². The molecule has 2 aliphatic rings. The Morgan fingerprint density at radius 1 is 1.37 bits per heavy atom. The van der Waals surface area contributed by atoms with E-state index in [1.54, 1.807) is 0 Å². The van der Waals surface area contributed by atoms with Crippen LogP contribution in [0.2, 0.25) is 0 Å². The highest BCUT2D eigenvalue weighted by Crippen LogP contribution is 2.49. The molecule has 2 aliphatic carbocycles. The zero-order valence-electron chi connectivity index (χ0n) is 12.0. The fourth-order valence-electron chi connectivity index (χ4n) is 4.08. The van der Waals surface area contributed by atoms with E-state index < -0.39 is 0 Å². The van der Waals surface area contributed by atoms with E-state index in [1.165, 1.54) is 47.7 Å². The first-order valence-electron chi connectivity index (χ1n) is 7.54. The third-order valence-electron chi connectivity index (χ3n) is 5.20. The highest BCUT2D eigenvalue weighted by molar-refractivity contribution is 7.11. The summed E-state index contributed by atoms with van der Waals surface area (Å²) < 4.78 is 0. The second kappa shape index (κ2) is 5.51. The molecule has 3 N–H and O–H groups in total. The Kier molecular flexibility index (Phi) is 3.92. The van der Waals surface area contributed by atoms with E-state index >= 15 is 0 Å². The molecular formula is C15H25N3S. The van der Waals surface area contributed by atoms with Crippen molar-refractivity contribution in [2.24, 2.45) is 23.6 Å². The number of nitrogens with two attached hydrogens (primary N) is 1. The third-order valence-corrected chi connectivity index (χ3v) is 6.30. The SMILES string of the molecule is Cc1nc(CC(CC2CC3CCC2C3)NN)sc1C. The van der Waals surface area contributed by atoms with Gasteiger partial charge in [0.2, 0.25) is 0 Å². The van der Waals surface area contributed by atoms with Crippen LogP contribution >= 0.6 is 11.3 Å². The normalized spacial score (nSPS) is 31.0. The van der Waals surface area contributed by atoms with Gasteiger partial charge in [-0.15, -0.1) is 11.3 Å². The van der Waals surface area contributed by atoms with E-state index in [9.17, 15) is 0 Å². The van der Waals surface area contributed by atoms with Crippen LogP contribution in [0.1, 0.15) is 47.7 Å². The summed E-state index contributed by atoms with van der Waals surface area (Å²) in [6.07, 6.45) is 8.09. The molecule has 0 radical (unpaired) electrons. The lowest BCUT2D eigenvalue weighted by molar-refractivity contribution is 0.277. The monoisotopic (exact) mass is 279 g/mol. The Morgan fingerprint density at radius 2 is 2.21 bits per heavy atom. The van der Waals surface area contributed by atoms with Crippen molar-refractivity contribution in [2.45, 2.75) is 58.4 Å². The summed E-state index contributed by atoms with van der Waals surface area (Å²) in [5.74, 6) is 8.69. The number of rotatable bonds is 5. The fraction of sp³-hybridized carbons (Fsp3) is 0.800. The highest BCUT2D eigenvalue weighted by Gasteiger charge is 2.40. The lowest BCUT2D eigenvalue weighted by Gasteiger charge is -2.25. The molecule has 4 atom stereocenters. The topological polar surface area (TPSA) is 50.9 Å². The van der Waals surface area contributed by atoms with E-state index in [4.69, 9.17) is 5.84 Å². The lowest BCUT2D eigenvalue weighted by atomic mass is 9.84. The van der Waals surface area contributed by atoms with Crippen LogP contribution in [0.5, 0.6) is 0 Å². The minimum Gasteiger partial charge on any atom is -0.271 e. The average molecular weight is 279 g/mol. The highest BCUT2D eigenvalue weighted by atomic mass is 32.1. The van der Waals surface area contributed by atoms with E-state index in [0.29, 0.717) is 6.04 Å². The van der Waals surface area contributed by atoms with Crippen molar-refractivity contribution < 1.29 is 0 Å². The zero-order chi connectivity index (χ0) is 13.4. The molecule has 2 fully saturated rings. The molecule has 0 aliphatic heterocycles. The van der Waals surface area contributed by atoms with Crippen molar-refractivity contribution in [1.82, 2.24) is 10.4 Å². The zero-order valence-corrected chi connectivity index (χ0v) is 12.8. The number of aromatic nitrogens is 1. The Labute approximate surface area is 120 Å². The van der Waals surface area contributed by atoms with Gasteiger partial charge in [0.1, 0.15) is 0 Å². The predicted molar refractivity (Wildman–Crippen MR) is 80.0 cm³/mol. The van der Waals surface area contributed by atoms with Crippen LogP contribution in [-0.2, 0) is 6.42 Å². The van der Waals surface area contributed by atoms with E-state index in [0.717, 1.165) is 24.2 Å². The molecule has 0 aromatic carbocycles. The van der Waals surface area contributed by atoms with Gasteiger partial charge in [-0.2, -0.15) is 0 Å². The van der Waals surface area contributed by atoms with Crippen LogP contribution in [0.25, 0.3) is 0 Å². The van der Waals surface area contributed by atoms with Crippen molar-refractivity contribution in [3.63, 3.8) is 0 Å². The molecule has 2 bridgehead atoms. The van der Waals surface area contributed by atoms with Gasteiger partial charge in [-0.3, -0.25) is 11.3 Å². The molecule has 19 heavy (non-hydrogen) atoms. The molecular weight excluding hydrogens is 254 g/mol. The fourth-order valence-corrected chi connectivity index (χ4v) is 5.09. The van der Waals surface area contributed by atoms with Crippen LogP contribution in [0.15, 0.2) is 0 Å². The number of nitrogens with zero attached hydrogens (tertiary/aromatic N) is 1. The van der Waals surface area contributed by atoms with Crippen LogP contribution in [0.4, 0.5) is 0 Å². The van der Waals surface area contributed by atoms with Gasteiger partial charge in [0.15, 0.2) is 0 Å². The van der Waals surface area contributed by atoms with Crippen LogP contribution in [0, 0.1) is 31.6 Å². The van der Waals surface area contributed by atoms with Crippen LogP contribution < -0.4 is 11.3 Å². The van der Waals surface area contributed by atoms with Gasteiger partial charge in [0.05, 0.1) is 10.7 Å². The molecule has 4 unspecified atom stereocenters. The summed E-state index contributed by atoms with van der Waals surface area (Å²) >= 11 is 1.82. The molecule has 1 aromatic rings. The Bertz CT molecular complexity index is 423. The number of hydrazine groups is 1. The number of fused-ring (bicyclic) bond motifs is 2. The van der Waals surface area contributed by atoms with Gasteiger partial charge in [0, 0.05) is 17.3 Å². The number of hydrogen-bond donors (Lipinski definition) is 2. The van der Waals surface area contributed by atoms with Crippen molar-refractivity contribution in [1.29, 1.82) is 0 Å². The molecule has 106 valence electrons. The summed E-state index contributed by atoms with van der Waals surface area (Å²) in [5, 5.41) is 1.24. The Balaban J connectivity index is 1.58. The minimum atomic E-state index is 0.397. The molecule has 0 amide bonds. The number of hydrogen-bond acceptors (Lipinski definition) is 4. The van der Waals surface area contributed by atoms with Gasteiger partial charge in [0.25, 0.3) is 0 Å². The largest absolute Gasteiger partial charge is 0.271 e. The first-order chi connectivity index (χ1) is 9.15. The van der Waals surface area contributed by atoms with Crippen molar-refractivity contribution >= 4 is 11.3 Å². The van der Waals surface area contributed by atoms with Gasteiger partial charge >= 0.3 is 0 Å². The second-order valence-corrected chi connectivity index (χ2v) is 7.78. The number of thiazole rings is 1. The maximum absolute atomic E-state index is 5.77. The van der Waals surface area contributed by atoms with Crippen LogP contribution in [0.3, 0.4) is 0 Å². The number of nitrogens with one attached hydrogen (secondary N) is 1. The van der Waals surface area contributed by atoms with E-state index in [1.807, 2.05) is 11.3 Å². The average Bonchev–Trinajstić information content (AvgIpc) is 3.06. The molecule has 0 saturated heterocycles. The first-order valence-corrected chi connectivity index (χ1v) is 8.36. The van der Waals surface area contributed by atoms with Crippen molar-refractivity contribution in [2.75, 3.05) is 0 Å². The smallest absolute Gasteiger partial charge is 0.0946 e. The van der Waals surface area contributed by atoms with Gasteiger partial charge in [-0.1, -0.05) is 6.42 Å². The molecule has 1 heterocycles. The molecule has 3 rings (SSSR count). The molecule has 0 spiro atoms. The lowest BCUT2D eigenvalue weighted by Crippen LogP contribution is -2.39. The summed E-state index contributed by atoms with van der Waals surface area (Å²) in [5.41, 5.74) is 4.21. The summed E-state index contributed by atoms with van der Waals surface area (Å²) in [4.78, 5) is 5.98. The van der Waals surface area contributed by atoms with Crippen molar-refractivity contribution in [3.8, 4) is 0 Å². The maximum atomic E-state index is 5.77. The molecule has 1 aromatic heterocycles. The predicted octanol–water partition coefficient (Wildman–Crippen LogP) is 2.96. The van der Waals surface area contributed by atoms with Crippen molar-refractivity contribution in [3.05, 3.63) is 15.6 Å². The molecule has 3 nitrogen and oxygen atoms in total. The Morgan fingerprint density at radius 3 is 2.74 bits per heavy atom. The summed E-state index contributed by atoms with van der Waals surface area (Å²) in [6, 6.07) is 0.397. The summed E-state index contributed by atoms with van der Waals surface area (Å²) in [7, 11) is 0. The molecule has 4 heteroatoms. The van der Waals surface area contributed by atoms with Gasteiger partial charge in [-0.25, -0.2) is 4.98 Å². The molecule has 2 saturated carbocycles. The minimum absolute atomic E-state index is 0.397. The second-order valence-electron chi connectivity index (χ2n) is 6.49. The maximum Gasteiger partial charge on any atom is 0.0946 e. The van der Waals surface area contributed by atoms with Gasteiger partial charge in [-0.05, 0) is 57.3 Å².